The summed E-state index contributed by atoms with van der Waals surface area (Å²) in [5, 5.41) is 0.833. The number of nitrogens with two attached hydrogens (primary N) is 1. The molecule has 3 aromatic heterocycles. The maximum atomic E-state index is 15.6. The van der Waals surface area contributed by atoms with E-state index in [2.05, 4.69) is 4.98 Å². The Hall–Kier alpha value is -3.42. The molecule has 160 valence electrons. The lowest BCUT2D eigenvalue weighted by molar-refractivity contribution is -0.146. The van der Waals surface area contributed by atoms with Crippen molar-refractivity contribution in [1.82, 2.24) is 18.9 Å². The highest BCUT2D eigenvalue weighted by Crippen LogP contribution is 2.40. The van der Waals surface area contributed by atoms with Gasteiger partial charge in [-0.25, -0.2) is 14.4 Å². The second kappa shape index (κ2) is 7.37. The molecule has 1 saturated carbocycles. The number of fused-ring (bicyclic) bond motifs is 2. The molecule has 0 spiro atoms. The second-order valence-corrected chi connectivity index (χ2v) is 8.21. The predicted molar refractivity (Wildman–Crippen MR) is 116 cm³/mol. The third-order valence-corrected chi connectivity index (χ3v) is 6.47. The number of nitrogens with zero attached hydrogens (tertiary/aromatic N) is 4. The first-order valence-corrected chi connectivity index (χ1v) is 10.4. The Bertz CT molecular complexity index is 1300. The maximum absolute atomic E-state index is 15.6. The molecule has 0 atom stereocenters. The second-order valence-electron chi connectivity index (χ2n) is 8.21. The summed E-state index contributed by atoms with van der Waals surface area (Å²) in [7, 11) is 3.25. The average Bonchev–Trinajstić information content (AvgIpc) is 3.36. The van der Waals surface area contributed by atoms with E-state index >= 15 is 4.39 Å². The fraction of sp³-hybridized carbons (Fsp3) is 0.348. The first-order valence-electron chi connectivity index (χ1n) is 10.4. The quantitative estimate of drug-likeness (QED) is 0.504. The number of benzene rings is 1. The number of hydrogen-bond donors (Lipinski definition) is 1. The number of hydrogen-bond acceptors (Lipinski definition) is 5. The molecule has 0 amide bonds. The molecular weight excluding hydrogens is 397 g/mol. The van der Waals surface area contributed by atoms with Crippen molar-refractivity contribution in [3.63, 3.8) is 0 Å². The molecule has 31 heavy (non-hydrogen) atoms. The number of nitrogen functional groups attached to an aromatic ring is 1. The number of methoxy groups -OCH3 is 1. The summed E-state index contributed by atoms with van der Waals surface area (Å²) in [6.07, 6.45) is 8.39. The molecule has 1 fully saturated rings. The van der Waals surface area contributed by atoms with Crippen LogP contribution in [0.4, 0.5) is 10.2 Å². The lowest BCUT2D eigenvalue weighted by atomic mass is 9.81. The molecule has 0 unspecified atom stereocenters. The van der Waals surface area contributed by atoms with Crippen LogP contribution in [0.5, 0.6) is 0 Å². The van der Waals surface area contributed by atoms with Gasteiger partial charge in [-0.2, -0.15) is 0 Å². The monoisotopic (exact) mass is 421 g/mol. The lowest BCUT2D eigenvalue weighted by Crippen LogP contribution is -2.23. The average molecular weight is 421 g/mol. The SMILES string of the molecule is COC(=O)[C@H]1CC[C@H](c2nc(-c3ccc4ccn(C)c4c3F)c3c(N)nccn32)CC1. The Kier molecular flexibility index (Phi) is 4.64. The number of halogens is 1. The zero-order valence-electron chi connectivity index (χ0n) is 17.5. The van der Waals surface area contributed by atoms with Crippen LogP contribution in [0.3, 0.4) is 0 Å². The van der Waals surface area contributed by atoms with Crippen LogP contribution in [-0.4, -0.2) is 32.0 Å². The molecular formula is C23H24FN5O2. The minimum atomic E-state index is -0.325. The van der Waals surface area contributed by atoms with Gasteiger partial charge in [0.15, 0.2) is 5.82 Å². The summed E-state index contributed by atoms with van der Waals surface area (Å²) in [5.41, 5.74) is 8.27. The standard InChI is InChI=1S/C23H24FN5O2/c1-28-11-9-13-7-8-16(17(24)19(13)28)18-20-21(25)26-10-12-29(20)22(27-18)14-3-5-15(6-4-14)23(30)31-2/h7-12,14-15H,3-6H2,1-2H3,(H2,25,26)/t14-,15-. The molecule has 0 aliphatic heterocycles. The van der Waals surface area contributed by atoms with Gasteiger partial charge in [0.1, 0.15) is 22.9 Å². The molecule has 8 heteroatoms. The van der Waals surface area contributed by atoms with E-state index in [1.54, 1.807) is 16.8 Å². The van der Waals surface area contributed by atoms with Crippen molar-refractivity contribution in [2.45, 2.75) is 31.6 Å². The van der Waals surface area contributed by atoms with Gasteiger partial charge in [-0.15, -0.1) is 0 Å². The first kappa shape index (κ1) is 19.5. The third-order valence-electron chi connectivity index (χ3n) is 6.47. The van der Waals surface area contributed by atoms with Gasteiger partial charge in [-0.3, -0.25) is 9.20 Å². The Balaban J connectivity index is 1.62. The van der Waals surface area contributed by atoms with Gasteiger partial charge in [0.25, 0.3) is 0 Å². The topological polar surface area (TPSA) is 87.4 Å². The lowest BCUT2D eigenvalue weighted by Gasteiger charge is -2.26. The van der Waals surface area contributed by atoms with E-state index in [4.69, 9.17) is 15.5 Å². The highest BCUT2D eigenvalue weighted by Gasteiger charge is 2.31. The molecule has 5 rings (SSSR count). The van der Waals surface area contributed by atoms with Gasteiger partial charge in [-0.1, -0.05) is 6.07 Å². The fourth-order valence-corrected chi connectivity index (χ4v) is 4.84. The Morgan fingerprint density at radius 1 is 1.16 bits per heavy atom. The molecule has 1 aliphatic rings. The Labute approximate surface area is 178 Å². The van der Waals surface area contributed by atoms with E-state index in [9.17, 15) is 4.79 Å². The van der Waals surface area contributed by atoms with Crippen LogP contribution in [0.1, 0.15) is 37.4 Å². The number of rotatable bonds is 3. The van der Waals surface area contributed by atoms with Gasteiger partial charge in [0.05, 0.1) is 18.5 Å². The molecule has 2 N–H and O–H groups in total. The van der Waals surface area contributed by atoms with Gasteiger partial charge in [-0.05, 0) is 37.8 Å². The van der Waals surface area contributed by atoms with Crippen molar-refractivity contribution in [3.8, 4) is 11.3 Å². The van der Waals surface area contributed by atoms with Crippen LogP contribution < -0.4 is 5.73 Å². The fourth-order valence-electron chi connectivity index (χ4n) is 4.84. The Morgan fingerprint density at radius 3 is 2.68 bits per heavy atom. The molecule has 1 aliphatic carbocycles. The third kappa shape index (κ3) is 3.05. The summed E-state index contributed by atoms with van der Waals surface area (Å²) in [6.45, 7) is 0. The van der Waals surface area contributed by atoms with Gasteiger partial charge >= 0.3 is 5.97 Å². The van der Waals surface area contributed by atoms with Crippen LogP contribution >= 0.6 is 0 Å². The first-order chi connectivity index (χ1) is 15.0. The molecule has 3 heterocycles. The van der Waals surface area contributed by atoms with Crippen molar-refractivity contribution in [2.24, 2.45) is 13.0 Å². The van der Waals surface area contributed by atoms with Crippen molar-refractivity contribution in [3.05, 3.63) is 48.4 Å². The number of carbonyl (C=O) groups is 1. The molecule has 7 nitrogen and oxygen atoms in total. The van der Waals surface area contributed by atoms with Crippen molar-refractivity contribution >= 4 is 28.2 Å². The number of ether oxygens (including phenoxy) is 1. The van der Waals surface area contributed by atoms with Crippen LogP contribution in [0.15, 0.2) is 36.8 Å². The number of anilines is 1. The van der Waals surface area contributed by atoms with E-state index < -0.39 is 0 Å². The number of imidazole rings is 1. The maximum Gasteiger partial charge on any atom is 0.308 e. The van der Waals surface area contributed by atoms with Gasteiger partial charge in [0.2, 0.25) is 0 Å². The predicted octanol–water partition coefficient (Wildman–Crippen LogP) is 4.06. The van der Waals surface area contributed by atoms with E-state index in [1.165, 1.54) is 7.11 Å². The molecule has 0 radical (unpaired) electrons. The Morgan fingerprint density at radius 2 is 1.94 bits per heavy atom. The van der Waals surface area contributed by atoms with Crippen molar-refractivity contribution < 1.29 is 13.9 Å². The zero-order chi connectivity index (χ0) is 21.7. The highest BCUT2D eigenvalue weighted by molar-refractivity contribution is 5.91. The minimum Gasteiger partial charge on any atom is -0.469 e. The van der Waals surface area contributed by atoms with E-state index in [0.717, 1.165) is 36.9 Å². The van der Waals surface area contributed by atoms with Crippen molar-refractivity contribution in [2.75, 3.05) is 12.8 Å². The summed E-state index contributed by atoms with van der Waals surface area (Å²) in [6, 6.07) is 5.53. The van der Waals surface area contributed by atoms with Crippen LogP contribution in [0, 0.1) is 11.7 Å². The van der Waals surface area contributed by atoms with Crippen LogP contribution in [0.2, 0.25) is 0 Å². The van der Waals surface area contributed by atoms with Gasteiger partial charge in [0, 0.05) is 42.5 Å². The van der Waals surface area contributed by atoms with E-state index in [-0.39, 0.29) is 23.6 Å². The highest BCUT2D eigenvalue weighted by atomic mass is 19.1. The number of carbonyl (C=O) groups excluding carboxylic acids is 1. The summed E-state index contributed by atoms with van der Waals surface area (Å²) < 4.78 is 24.2. The smallest absolute Gasteiger partial charge is 0.308 e. The van der Waals surface area contributed by atoms with Crippen LogP contribution in [0.25, 0.3) is 27.7 Å². The number of aromatic nitrogens is 4. The van der Waals surface area contributed by atoms with E-state index in [1.807, 2.05) is 36.0 Å². The van der Waals surface area contributed by atoms with E-state index in [0.29, 0.717) is 28.1 Å². The molecule has 0 saturated heterocycles. The molecule has 1 aromatic carbocycles. The minimum absolute atomic E-state index is 0.0733. The molecule has 4 aromatic rings. The summed E-state index contributed by atoms with van der Waals surface area (Å²) >= 11 is 0. The van der Waals surface area contributed by atoms with Crippen molar-refractivity contribution in [1.29, 1.82) is 0 Å². The zero-order valence-corrected chi connectivity index (χ0v) is 17.5. The largest absolute Gasteiger partial charge is 0.469 e. The number of aryl methyl sites for hydroxylation is 1. The normalized spacial score (nSPS) is 19.2. The number of esters is 1. The molecule has 0 bridgehead atoms. The summed E-state index contributed by atoms with van der Waals surface area (Å²) in [4.78, 5) is 21.0. The van der Waals surface area contributed by atoms with Crippen LogP contribution in [-0.2, 0) is 16.6 Å². The van der Waals surface area contributed by atoms with Gasteiger partial charge < -0.3 is 15.0 Å². The summed E-state index contributed by atoms with van der Waals surface area (Å²) in [5.74, 6) is 0.731.